The zero-order valence-electron chi connectivity index (χ0n) is 7.35. The smallest absolute Gasteiger partial charge is 0.326 e. The summed E-state index contributed by atoms with van der Waals surface area (Å²) in [5.41, 5.74) is 0.838. The molecule has 0 saturated carbocycles. The van der Waals surface area contributed by atoms with Crippen LogP contribution in [0.25, 0.3) is 0 Å². The third kappa shape index (κ3) is 1.64. The highest BCUT2D eigenvalue weighted by Gasteiger charge is 2.31. The maximum atomic E-state index is 13.2. The predicted octanol–water partition coefficient (Wildman–Crippen LogP) is 2.55. The monoisotopic (exact) mass is 249 g/mol. The molecule has 0 bridgehead atoms. The molecular weight excluding hydrogens is 244 g/mol. The van der Waals surface area contributed by atoms with Crippen LogP contribution in [-0.4, -0.2) is 17.1 Å². The molecule has 1 aromatic rings. The first-order valence-corrected chi connectivity index (χ1v) is 4.92. The highest BCUT2D eigenvalue weighted by atomic mass is 35.5. The summed E-state index contributed by atoms with van der Waals surface area (Å²) in [5.74, 6) is -1.67. The Balaban J connectivity index is 2.49. The van der Waals surface area contributed by atoms with Gasteiger partial charge in [0.2, 0.25) is 0 Å². The molecule has 6 heteroatoms. The highest BCUT2D eigenvalue weighted by Crippen LogP contribution is 2.39. The van der Waals surface area contributed by atoms with E-state index in [1.165, 1.54) is 0 Å². The fourth-order valence-corrected chi connectivity index (χ4v) is 2.05. The second-order valence-corrected chi connectivity index (χ2v) is 4.03. The molecule has 0 amide bonds. The molecule has 1 aliphatic heterocycles. The second-order valence-electron chi connectivity index (χ2n) is 3.25. The number of rotatable bonds is 1. The summed E-state index contributed by atoms with van der Waals surface area (Å²) < 4.78 is 13.2. The van der Waals surface area contributed by atoms with Gasteiger partial charge in [-0.15, -0.1) is 0 Å². The average molecular weight is 250 g/mol. The zero-order chi connectivity index (χ0) is 11.2. The molecular formula is C9H6Cl2FNO2. The number of hydrogen-bond donors (Lipinski definition) is 2. The quantitative estimate of drug-likeness (QED) is 0.753. The number of aliphatic carboxylic acids is 1. The first kappa shape index (κ1) is 10.5. The van der Waals surface area contributed by atoms with Crippen molar-refractivity contribution in [3.63, 3.8) is 0 Å². The average Bonchev–Trinajstić information content (AvgIpc) is 2.59. The molecule has 3 nitrogen and oxygen atoms in total. The molecule has 1 aromatic carbocycles. The number of benzene rings is 1. The summed E-state index contributed by atoms with van der Waals surface area (Å²) in [5, 5.41) is 11.5. The number of carboxylic acid groups (broad SMARTS) is 1. The van der Waals surface area contributed by atoms with E-state index in [0.29, 0.717) is 5.56 Å². The van der Waals surface area contributed by atoms with E-state index in [-0.39, 0.29) is 22.2 Å². The van der Waals surface area contributed by atoms with Crippen molar-refractivity contribution in [3.8, 4) is 0 Å². The lowest BCUT2D eigenvalue weighted by atomic mass is 10.1. The minimum atomic E-state index is -1.02. The van der Waals surface area contributed by atoms with E-state index in [4.69, 9.17) is 28.3 Å². The van der Waals surface area contributed by atoms with E-state index in [1.54, 1.807) is 0 Å². The molecule has 2 N–H and O–H groups in total. The number of hydrogen-bond acceptors (Lipinski definition) is 2. The number of nitrogens with one attached hydrogen (secondary N) is 1. The minimum absolute atomic E-state index is 0.113. The van der Waals surface area contributed by atoms with Crippen LogP contribution >= 0.6 is 23.2 Å². The number of anilines is 1. The molecule has 0 aliphatic carbocycles. The lowest BCUT2D eigenvalue weighted by molar-refractivity contribution is -0.137. The lowest BCUT2D eigenvalue weighted by Crippen LogP contribution is -2.26. The van der Waals surface area contributed by atoms with Gasteiger partial charge >= 0.3 is 5.97 Å². The largest absolute Gasteiger partial charge is 0.480 e. The van der Waals surface area contributed by atoms with E-state index in [2.05, 4.69) is 5.32 Å². The van der Waals surface area contributed by atoms with Gasteiger partial charge < -0.3 is 10.4 Å². The van der Waals surface area contributed by atoms with Gasteiger partial charge in [0.25, 0.3) is 0 Å². The minimum Gasteiger partial charge on any atom is -0.480 e. The molecule has 15 heavy (non-hydrogen) atoms. The summed E-state index contributed by atoms with van der Waals surface area (Å²) in [6, 6.07) is 0.297. The Hall–Kier alpha value is -1.00. The number of carbonyl (C=O) groups is 1. The highest BCUT2D eigenvalue weighted by molar-refractivity contribution is 6.36. The fraction of sp³-hybridized carbons (Fsp3) is 0.222. The first-order chi connectivity index (χ1) is 7.00. The topological polar surface area (TPSA) is 49.3 Å². The van der Waals surface area contributed by atoms with Crippen molar-refractivity contribution in [1.29, 1.82) is 0 Å². The number of fused-ring (bicyclic) bond motifs is 1. The molecule has 0 spiro atoms. The van der Waals surface area contributed by atoms with Crippen molar-refractivity contribution in [3.05, 3.63) is 27.5 Å². The van der Waals surface area contributed by atoms with E-state index >= 15 is 0 Å². The van der Waals surface area contributed by atoms with Gasteiger partial charge in [0.1, 0.15) is 11.9 Å². The Morgan fingerprint density at radius 3 is 2.87 bits per heavy atom. The Morgan fingerprint density at radius 1 is 1.60 bits per heavy atom. The first-order valence-electron chi connectivity index (χ1n) is 4.16. The Labute approximate surface area is 94.8 Å². The molecule has 0 saturated heterocycles. The lowest BCUT2D eigenvalue weighted by Gasteiger charge is -2.06. The Bertz CT molecular complexity index is 450. The molecule has 0 fully saturated rings. The fourth-order valence-electron chi connectivity index (χ4n) is 1.56. The maximum Gasteiger partial charge on any atom is 0.326 e. The van der Waals surface area contributed by atoms with E-state index in [1.807, 2.05) is 0 Å². The molecule has 1 atom stereocenters. The van der Waals surface area contributed by atoms with Crippen molar-refractivity contribution < 1.29 is 14.3 Å². The van der Waals surface area contributed by atoms with E-state index < -0.39 is 17.8 Å². The van der Waals surface area contributed by atoms with Crippen LogP contribution in [0.2, 0.25) is 10.0 Å². The molecule has 0 radical (unpaired) electrons. The van der Waals surface area contributed by atoms with Gasteiger partial charge in [0.15, 0.2) is 0 Å². The van der Waals surface area contributed by atoms with Gasteiger partial charge in [-0.1, -0.05) is 23.2 Å². The SMILES string of the molecule is O=C(O)C1Cc2c(Cl)cc(F)c(Cl)c2N1. The Kier molecular flexibility index (Phi) is 2.48. The third-order valence-corrected chi connectivity index (χ3v) is 3.00. The summed E-state index contributed by atoms with van der Waals surface area (Å²) >= 11 is 11.5. The predicted molar refractivity (Wildman–Crippen MR) is 55.2 cm³/mol. The van der Waals surface area contributed by atoms with Crippen LogP contribution in [0, 0.1) is 5.82 Å². The van der Waals surface area contributed by atoms with Crippen LogP contribution in [0.5, 0.6) is 0 Å². The number of carboxylic acids is 1. The molecule has 2 rings (SSSR count). The molecule has 80 valence electrons. The van der Waals surface area contributed by atoms with Crippen LogP contribution in [-0.2, 0) is 11.2 Å². The Morgan fingerprint density at radius 2 is 2.27 bits per heavy atom. The second kappa shape index (κ2) is 3.54. The molecule has 1 heterocycles. The van der Waals surface area contributed by atoms with Gasteiger partial charge in [-0.05, 0) is 11.6 Å². The van der Waals surface area contributed by atoms with Crippen LogP contribution in [0.3, 0.4) is 0 Å². The summed E-state index contributed by atoms with van der Waals surface area (Å²) in [6.07, 6.45) is 0.212. The maximum absolute atomic E-state index is 13.2. The zero-order valence-corrected chi connectivity index (χ0v) is 8.86. The van der Waals surface area contributed by atoms with Crippen LogP contribution in [0.1, 0.15) is 5.56 Å². The van der Waals surface area contributed by atoms with Gasteiger partial charge in [-0.2, -0.15) is 0 Å². The van der Waals surface area contributed by atoms with Crippen molar-refractivity contribution in [2.75, 3.05) is 5.32 Å². The van der Waals surface area contributed by atoms with Crippen LogP contribution < -0.4 is 5.32 Å². The van der Waals surface area contributed by atoms with Crippen molar-refractivity contribution in [2.24, 2.45) is 0 Å². The standard InChI is InChI=1S/C9H6Cl2FNO2/c10-4-2-5(12)7(11)8-3(4)1-6(13-8)9(14)15/h2,6,13H,1H2,(H,14,15). The van der Waals surface area contributed by atoms with Gasteiger partial charge in [0, 0.05) is 11.4 Å². The number of halogens is 3. The van der Waals surface area contributed by atoms with E-state index in [0.717, 1.165) is 6.07 Å². The van der Waals surface area contributed by atoms with E-state index in [9.17, 15) is 9.18 Å². The van der Waals surface area contributed by atoms with Crippen molar-refractivity contribution in [2.45, 2.75) is 12.5 Å². The van der Waals surface area contributed by atoms with Crippen LogP contribution in [0.15, 0.2) is 6.07 Å². The summed E-state index contributed by atoms with van der Waals surface area (Å²) in [7, 11) is 0. The van der Waals surface area contributed by atoms with Gasteiger partial charge in [-0.25, -0.2) is 9.18 Å². The van der Waals surface area contributed by atoms with Gasteiger partial charge in [0.05, 0.1) is 10.7 Å². The summed E-state index contributed by atoms with van der Waals surface area (Å²) in [6.45, 7) is 0. The van der Waals surface area contributed by atoms with Gasteiger partial charge in [-0.3, -0.25) is 0 Å². The van der Waals surface area contributed by atoms with Crippen molar-refractivity contribution >= 4 is 34.9 Å². The third-order valence-electron chi connectivity index (χ3n) is 2.30. The normalized spacial score (nSPS) is 18.5. The van der Waals surface area contributed by atoms with Crippen LogP contribution in [0.4, 0.5) is 10.1 Å². The molecule has 1 aliphatic rings. The van der Waals surface area contributed by atoms with Crippen molar-refractivity contribution in [1.82, 2.24) is 0 Å². The molecule has 0 aromatic heterocycles. The summed E-state index contributed by atoms with van der Waals surface area (Å²) in [4.78, 5) is 10.7. The molecule has 1 unspecified atom stereocenters.